The Kier molecular flexibility index (Phi) is 4.33. The van der Waals surface area contributed by atoms with E-state index in [2.05, 4.69) is 6.92 Å². The third kappa shape index (κ3) is 3.21. The van der Waals surface area contributed by atoms with Gasteiger partial charge in [0.05, 0.1) is 5.02 Å². The van der Waals surface area contributed by atoms with Crippen LogP contribution in [0, 0.1) is 5.82 Å². The molecule has 0 atom stereocenters. The van der Waals surface area contributed by atoms with E-state index in [1.165, 1.54) is 23.8 Å². The molecule has 0 radical (unpaired) electrons. The van der Waals surface area contributed by atoms with Crippen molar-refractivity contribution in [1.82, 2.24) is 0 Å². The Labute approximate surface area is 117 Å². The molecule has 0 bridgehead atoms. The SMILES string of the molecule is CCCc1ccc(C(=O)c2ccc(F)c(Cl)c2)cc1. The molecule has 2 rings (SSSR count). The van der Waals surface area contributed by atoms with Gasteiger partial charge in [0.1, 0.15) is 5.82 Å². The number of hydrogen-bond donors (Lipinski definition) is 0. The summed E-state index contributed by atoms with van der Waals surface area (Å²) in [5.74, 6) is -0.665. The Morgan fingerprint density at radius 3 is 2.32 bits per heavy atom. The zero-order valence-corrected chi connectivity index (χ0v) is 11.4. The Morgan fingerprint density at radius 2 is 1.74 bits per heavy atom. The summed E-state index contributed by atoms with van der Waals surface area (Å²) in [4.78, 5) is 12.2. The zero-order valence-electron chi connectivity index (χ0n) is 10.6. The van der Waals surface area contributed by atoms with Crippen LogP contribution in [-0.4, -0.2) is 5.78 Å². The van der Waals surface area contributed by atoms with Crippen molar-refractivity contribution in [3.8, 4) is 0 Å². The van der Waals surface area contributed by atoms with E-state index in [0.717, 1.165) is 12.8 Å². The first kappa shape index (κ1) is 13.8. The minimum absolute atomic E-state index is 0.0338. The molecule has 0 spiro atoms. The first-order valence-corrected chi connectivity index (χ1v) is 6.58. The molecule has 0 saturated carbocycles. The number of aryl methyl sites for hydroxylation is 1. The molecule has 0 saturated heterocycles. The highest BCUT2D eigenvalue weighted by molar-refractivity contribution is 6.31. The van der Waals surface area contributed by atoms with Crippen LogP contribution in [0.4, 0.5) is 4.39 Å². The van der Waals surface area contributed by atoms with Gasteiger partial charge in [0.2, 0.25) is 0 Å². The molecule has 3 heteroatoms. The van der Waals surface area contributed by atoms with E-state index in [4.69, 9.17) is 11.6 Å². The van der Waals surface area contributed by atoms with Crippen LogP contribution in [0.5, 0.6) is 0 Å². The lowest BCUT2D eigenvalue weighted by Crippen LogP contribution is -2.01. The molecule has 19 heavy (non-hydrogen) atoms. The lowest BCUT2D eigenvalue weighted by molar-refractivity contribution is 0.103. The summed E-state index contributed by atoms with van der Waals surface area (Å²) in [7, 11) is 0. The number of rotatable bonds is 4. The molecule has 0 amide bonds. The summed E-state index contributed by atoms with van der Waals surface area (Å²) in [5.41, 5.74) is 2.19. The second-order valence-corrected chi connectivity index (χ2v) is 4.81. The highest BCUT2D eigenvalue weighted by Gasteiger charge is 2.11. The van der Waals surface area contributed by atoms with Gasteiger partial charge in [0, 0.05) is 11.1 Å². The van der Waals surface area contributed by atoms with Crippen LogP contribution in [0.2, 0.25) is 5.02 Å². The number of ketones is 1. The maximum atomic E-state index is 13.1. The number of benzene rings is 2. The third-order valence-electron chi connectivity index (χ3n) is 2.94. The van der Waals surface area contributed by atoms with Crippen molar-refractivity contribution in [2.45, 2.75) is 19.8 Å². The Bertz CT molecular complexity index is 590. The van der Waals surface area contributed by atoms with Crippen molar-refractivity contribution in [2.75, 3.05) is 0 Å². The topological polar surface area (TPSA) is 17.1 Å². The Balaban J connectivity index is 2.25. The van der Waals surface area contributed by atoms with Gasteiger partial charge in [-0.25, -0.2) is 4.39 Å². The quantitative estimate of drug-likeness (QED) is 0.742. The van der Waals surface area contributed by atoms with E-state index in [1.807, 2.05) is 12.1 Å². The smallest absolute Gasteiger partial charge is 0.193 e. The van der Waals surface area contributed by atoms with Gasteiger partial charge in [-0.1, -0.05) is 49.2 Å². The minimum atomic E-state index is -0.517. The maximum absolute atomic E-state index is 13.1. The fourth-order valence-corrected chi connectivity index (χ4v) is 2.10. The van der Waals surface area contributed by atoms with E-state index in [9.17, 15) is 9.18 Å². The molecule has 0 N–H and O–H groups in total. The van der Waals surface area contributed by atoms with Crippen molar-refractivity contribution in [3.05, 3.63) is 70.0 Å². The summed E-state index contributed by atoms with van der Waals surface area (Å²) in [6.45, 7) is 2.11. The molecule has 1 nitrogen and oxygen atoms in total. The first-order chi connectivity index (χ1) is 9.11. The van der Waals surface area contributed by atoms with Gasteiger partial charge in [-0.3, -0.25) is 4.79 Å². The van der Waals surface area contributed by atoms with Crippen LogP contribution in [0.1, 0.15) is 34.8 Å². The molecule has 2 aromatic rings. The van der Waals surface area contributed by atoms with Crippen LogP contribution in [0.3, 0.4) is 0 Å². The molecule has 0 aliphatic carbocycles. The number of halogens is 2. The summed E-state index contributed by atoms with van der Waals surface area (Å²) in [5, 5.41) is -0.0338. The van der Waals surface area contributed by atoms with E-state index in [1.54, 1.807) is 12.1 Å². The summed E-state index contributed by atoms with van der Waals surface area (Å²) < 4.78 is 13.1. The van der Waals surface area contributed by atoms with Gasteiger partial charge in [-0.2, -0.15) is 0 Å². The average Bonchev–Trinajstić information content (AvgIpc) is 2.42. The highest BCUT2D eigenvalue weighted by atomic mass is 35.5. The number of carbonyl (C=O) groups is 1. The lowest BCUT2D eigenvalue weighted by atomic mass is 10.0. The summed E-state index contributed by atoms with van der Waals surface area (Å²) >= 11 is 5.68. The molecular formula is C16H14ClFO. The molecule has 0 fully saturated rings. The second kappa shape index (κ2) is 5.98. The molecule has 0 aliphatic rings. The lowest BCUT2D eigenvalue weighted by Gasteiger charge is -2.04. The largest absolute Gasteiger partial charge is 0.289 e. The van der Waals surface area contributed by atoms with Crippen LogP contribution in [0.15, 0.2) is 42.5 Å². The summed E-state index contributed by atoms with van der Waals surface area (Å²) in [6.07, 6.45) is 2.07. The number of carbonyl (C=O) groups excluding carboxylic acids is 1. The van der Waals surface area contributed by atoms with E-state index in [-0.39, 0.29) is 10.8 Å². The molecule has 0 aromatic heterocycles. The van der Waals surface area contributed by atoms with E-state index >= 15 is 0 Å². The van der Waals surface area contributed by atoms with Gasteiger partial charge in [-0.15, -0.1) is 0 Å². The fourth-order valence-electron chi connectivity index (χ4n) is 1.92. The van der Waals surface area contributed by atoms with Gasteiger partial charge < -0.3 is 0 Å². The van der Waals surface area contributed by atoms with Crippen LogP contribution < -0.4 is 0 Å². The van der Waals surface area contributed by atoms with Gasteiger partial charge in [0.25, 0.3) is 0 Å². The Hall–Kier alpha value is -1.67. The van der Waals surface area contributed by atoms with Crippen molar-refractivity contribution in [3.63, 3.8) is 0 Å². The predicted molar refractivity (Wildman–Crippen MR) is 75.3 cm³/mol. The number of hydrogen-bond acceptors (Lipinski definition) is 1. The van der Waals surface area contributed by atoms with Crippen LogP contribution in [0.25, 0.3) is 0 Å². The van der Waals surface area contributed by atoms with Crippen molar-refractivity contribution in [2.24, 2.45) is 0 Å². The first-order valence-electron chi connectivity index (χ1n) is 6.20. The van der Waals surface area contributed by atoms with Crippen molar-refractivity contribution in [1.29, 1.82) is 0 Å². The second-order valence-electron chi connectivity index (χ2n) is 4.40. The van der Waals surface area contributed by atoms with E-state index in [0.29, 0.717) is 11.1 Å². The monoisotopic (exact) mass is 276 g/mol. The van der Waals surface area contributed by atoms with Gasteiger partial charge in [0.15, 0.2) is 5.78 Å². The highest BCUT2D eigenvalue weighted by Crippen LogP contribution is 2.19. The molecule has 2 aromatic carbocycles. The van der Waals surface area contributed by atoms with E-state index < -0.39 is 5.82 Å². The third-order valence-corrected chi connectivity index (χ3v) is 3.23. The van der Waals surface area contributed by atoms with Crippen LogP contribution in [-0.2, 0) is 6.42 Å². The fraction of sp³-hybridized carbons (Fsp3) is 0.188. The molecule has 0 heterocycles. The van der Waals surface area contributed by atoms with Crippen molar-refractivity contribution >= 4 is 17.4 Å². The molecular weight excluding hydrogens is 263 g/mol. The van der Waals surface area contributed by atoms with Crippen molar-refractivity contribution < 1.29 is 9.18 Å². The standard InChI is InChI=1S/C16H14ClFO/c1-2-3-11-4-6-12(7-5-11)16(19)13-8-9-15(18)14(17)10-13/h4-10H,2-3H2,1H3. The maximum Gasteiger partial charge on any atom is 0.193 e. The minimum Gasteiger partial charge on any atom is -0.289 e. The Morgan fingerprint density at radius 1 is 1.11 bits per heavy atom. The molecule has 98 valence electrons. The van der Waals surface area contributed by atoms with Gasteiger partial charge in [-0.05, 0) is 30.2 Å². The average molecular weight is 277 g/mol. The molecule has 0 aliphatic heterocycles. The summed E-state index contributed by atoms with van der Waals surface area (Å²) in [6, 6.07) is 11.5. The normalized spacial score (nSPS) is 10.5. The van der Waals surface area contributed by atoms with Gasteiger partial charge >= 0.3 is 0 Å². The van der Waals surface area contributed by atoms with Crippen LogP contribution >= 0.6 is 11.6 Å². The molecule has 0 unspecified atom stereocenters. The zero-order chi connectivity index (χ0) is 13.8. The predicted octanol–water partition coefficient (Wildman–Crippen LogP) is 4.66.